The molecule has 1 saturated heterocycles. The van der Waals surface area contributed by atoms with Crippen LogP contribution in [-0.4, -0.2) is 47.8 Å². The number of alkyl halides is 3. The van der Waals surface area contributed by atoms with Crippen molar-refractivity contribution in [3.05, 3.63) is 0 Å². The minimum atomic E-state index is -4.48. The van der Waals surface area contributed by atoms with Crippen LogP contribution in [0.1, 0.15) is 33.6 Å². The molecule has 1 atom stereocenters. The Hall–Kier alpha value is -1.47. The topological polar surface area (TPSA) is 58.6 Å². The first-order valence-electron chi connectivity index (χ1n) is 6.34. The average Bonchev–Trinajstić information content (AvgIpc) is 2.71. The highest BCUT2D eigenvalue weighted by Crippen LogP contribution is 2.21. The number of nitrogens with zero attached hydrogens (tertiary/aromatic N) is 1. The Bertz CT molecular complexity index is 377. The third-order valence-electron chi connectivity index (χ3n) is 2.63. The lowest BCUT2D eigenvalue weighted by atomic mass is 10.1. The Morgan fingerprint density at radius 2 is 1.90 bits per heavy atom. The smallest absolute Gasteiger partial charge is 0.405 e. The molecule has 2 amide bonds. The van der Waals surface area contributed by atoms with E-state index in [0.717, 1.165) is 4.90 Å². The fourth-order valence-electron chi connectivity index (χ4n) is 1.90. The molecule has 5 nitrogen and oxygen atoms in total. The van der Waals surface area contributed by atoms with E-state index in [0.29, 0.717) is 12.8 Å². The summed E-state index contributed by atoms with van der Waals surface area (Å²) in [5.74, 6) is -0.586. The molecule has 0 radical (unpaired) electrons. The number of hydrogen-bond acceptors (Lipinski definition) is 3. The summed E-state index contributed by atoms with van der Waals surface area (Å²) in [5, 5.41) is 1.77. The number of carbonyl (C=O) groups excluding carboxylic acids is 2. The first-order valence-corrected chi connectivity index (χ1v) is 6.34. The van der Waals surface area contributed by atoms with Gasteiger partial charge in [-0.1, -0.05) is 0 Å². The third kappa shape index (κ3) is 5.26. The minimum Gasteiger partial charge on any atom is -0.458 e. The molecule has 0 aromatic rings. The second kappa shape index (κ2) is 5.88. The molecule has 0 unspecified atom stereocenters. The summed E-state index contributed by atoms with van der Waals surface area (Å²) < 4.78 is 41.3. The van der Waals surface area contributed by atoms with Crippen LogP contribution in [0.15, 0.2) is 0 Å². The summed E-state index contributed by atoms with van der Waals surface area (Å²) in [6.45, 7) is 3.90. The fourth-order valence-corrected chi connectivity index (χ4v) is 1.90. The van der Waals surface area contributed by atoms with Gasteiger partial charge in [0, 0.05) is 6.54 Å². The predicted octanol–water partition coefficient (Wildman–Crippen LogP) is 2.06. The molecule has 1 heterocycles. The van der Waals surface area contributed by atoms with Crippen molar-refractivity contribution in [2.75, 3.05) is 13.1 Å². The van der Waals surface area contributed by atoms with Crippen LogP contribution < -0.4 is 5.32 Å². The molecular formula is C12H19F3N2O3. The number of likely N-dealkylation sites (tertiary alicyclic amines) is 1. The van der Waals surface area contributed by atoms with Crippen LogP contribution in [0.4, 0.5) is 18.0 Å². The number of nitrogens with one attached hydrogen (secondary N) is 1. The highest BCUT2D eigenvalue weighted by Gasteiger charge is 2.38. The molecule has 1 fully saturated rings. The van der Waals surface area contributed by atoms with Crippen LogP contribution in [0, 0.1) is 0 Å². The van der Waals surface area contributed by atoms with E-state index in [1.54, 1.807) is 26.1 Å². The molecule has 1 N–H and O–H groups in total. The van der Waals surface area contributed by atoms with E-state index in [1.165, 1.54) is 0 Å². The highest BCUT2D eigenvalue weighted by molar-refractivity contribution is 5.84. The molecule has 0 spiro atoms. The summed E-state index contributed by atoms with van der Waals surface area (Å²) in [4.78, 5) is 24.7. The van der Waals surface area contributed by atoms with E-state index < -0.39 is 36.4 Å². The highest BCUT2D eigenvalue weighted by atomic mass is 19.4. The minimum absolute atomic E-state index is 0.244. The number of hydrogen-bond donors (Lipinski definition) is 1. The Balaban J connectivity index is 2.60. The van der Waals surface area contributed by atoms with Crippen LogP contribution in [0.3, 0.4) is 0 Å². The van der Waals surface area contributed by atoms with Gasteiger partial charge in [0.15, 0.2) is 0 Å². The molecule has 0 saturated carbocycles. The zero-order valence-electron chi connectivity index (χ0n) is 11.7. The van der Waals surface area contributed by atoms with Crippen molar-refractivity contribution in [1.82, 2.24) is 10.2 Å². The first-order chi connectivity index (χ1) is 8.99. The van der Waals surface area contributed by atoms with Crippen molar-refractivity contribution in [3.8, 4) is 0 Å². The summed E-state index contributed by atoms with van der Waals surface area (Å²) in [7, 11) is 0. The molecule has 0 aromatic carbocycles. The lowest BCUT2D eigenvalue weighted by Crippen LogP contribution is -2.49. The molecular weight excluding hydrogens is 277 g/mol. The van der Waals surface area contributed by atoms with Gasteiger partial charge in [-0.05, 0) is 33.6 Å². The molecule has 1 rings (SSSR count). The standard InChI is InChI=1S/C12H19F3N2O3/c1-11(2,3)20-9(18)8-5-4-6-17(8)10(19)16-7-12(13,14)15/h8H,4-7H2,1-3H3,(H,16,19)/t8-/m1/s1. The second-order valence-corrected chi connectivity index (χ2v) is 5.66. The lowest BCUT2D eigenvalue weighted by molar-refractivity contribution is -0.159. The summed E-state index contributed by atoms with van der Waals surface area (Å²) in [6, 6.07) is -1.71. The SMILES string of the molecule is CC(C)(C)OC(=O)[C@H]1CCCN1C(=O)NCC(F)(F)F. The third-order valence-corrected chi connectivity index (χ3v) is 2.63. The summed E-state index contributed by atoms with van der Waals surface area (Å²) >= 11 is 0. The van der Waals surface area contributed by atoms with Crippen molar-refractivity contribution in [1.29, 1.82) is 0 Å². The molecule has 0 aliphatic carbocycles. The second-order valence-electron chi connectivity index (χ2n) is 5.66. The van der Waals surface area contributed by atoms with Crippen LogP contribution in [0.25, 0.3) is 0 Å². The Kier molecular flexibility index (Phi) is 4.88. The van der Waals surface area contributed by atoms with Gasteiger partial charge in [-0.15, -0.1) is 0 Å². The molecule has 1 aliphatic heterocycles. The molecule has 8 heteroatoms. The number of carbonyl (C=O) groups is 2. The van der Waals surface area contributed by atoms with Crippen LogP contribution in [0.2, 0.25) is 0 Å². The van der Waals surface area contributed by atoms with Gasteiger partial charge in [0.25, 0.3) is 0 Å². The predicted molar refractivity (Wildman–Crippen MR) is 65.0 cm³/mol. The van der Waals surface area contributed by atoms with Crippen molar-refractivity contribution in [2.24, 2.45) is 0 Å². The fraction of sp³-hybridized carbons (Fsp3) is 0.833. The maximum atomic E-state index is 12.1. The molecule has 1 aliphatic rings. The molecule has 0 bridgehead atoms. The monoisotopic (exact) mass is 296 g/mol. The van der Waals surface area contributed by atoms with Gasteiger partial charge >= 0.3 is 18.2 Å². The maximum absolute atomic E-state index is 12.1. The zero-order valence-corrected chi connectivity index (χ0v) is 11.7. The van der Waals surface area contributed by atoms with Gasteiger partial charge in [0.05, 0.1) is 0 Å². The van der Waals surface area contributed by atoms with E-state index in [2.05, 4.69) is 0 Å². The number of rotatable bonds is 2. The first kappa shape index (κ1) is 16.6. The van der Waals surface area contributed by atoms with E-state index in [1.807, 2.05) is 0 Å². The Morgan fingerprint density at radius 1 is 1.30 bits per heavy atom. The zero-order chi connectivity index (χ0) is 15.6. The lowest BCUT2D eigenvalue weighted by Gasteiger charge is -2.27. The molecule has 0 aromatic heterocycles. The van der Waals surface area contributed by atoms with E-state index >= 15 is 0 Å². The van der Waals surface area contributed by atoms with E-state index in [-0.39, 0.29) is 6.54 Å². The van der Waals surface area contributed by atoms with Crippen molar-refractivity contribution >= 4 is 12.0 Å². The molecule has 116 valence electrons. The van der Waals surface area contributed by atoms with Gasteiger partial charge in [0.2, 0.25) is 0 Å². The van der Waals surface area contributed by atoms with Crippen molar-refractivity contribution in [2.45, 2.75) is 51.4 Å². The number of halogens is 3. The van der Waals surface area contributed by atoms with Crippen molar-refractivity contribution in [3.63, 3.8) is 0 Å². The van der Waals surface area contributed by atoms with Crippen LogP contribution in [0.5, 0.6) is 0 Å². The summed E-state index contributed by atoms with van der Waals surface area (Å²) in [6.07, 6.45) is -3.52. The Morgan fingerprint density at radius 3 is 2.40 bits per heavy atom. The van der Waals surface area contributed by atoms with Gasteiger partial charge in [-0.3, -0.25) is 0 Å². The van der Waals surface area contributed by atoms with Crippen LogP contribution >= 0.6 is 0 Å². The Labute approximate surface area is 115 Å². The van der Waals surface area contributed by atoms with E-state index in [4.69, 9.17) is 4.74 Å². The quantitative estimate of drug-likeness (QED) is 0.794. The number of ether oxygens (including phenoxy) is 1. The number of amides is 2. The van der Waals surface area contributed by atoms with Crippen molar-refractivity contribution < 1.29 is 27.5 Å². The van der Waals surface area contributed by atoms with Gasteiger partial charge in [-0.25, -0.2) is 9.59 Å². The van der Waals surface area contributed by atoms with Gasteiger partial charge in [0.1, 0.15) is 18.2 Å². The largest absolute Gasteiger partial charge is 0.458 e. The molecule has 20 heavy (non-hydrogen) atoms. The van der Waals surface area contributed by atoms with E-state index in [9.17, 15) is 22.8 Å². The normalized spacial score (nSPS) is 19.9. The number of esters is 1. The van der Waals surface area contributed by atoms with Crippen LogP contribution in [-0.2, 0) is 9.53 Å². The average molecular weight is 296 g/mol. The maximum Gasteiger partial charge on any atom is 0.405 e. The number of urea groups is 1. The van der Waals surface area contributed by atoms with Gasteiger partial charge in [-0.2, -0.15) is 13.2 Å². The van der Waals surface area contributed by atoms with Gasteiger partial charge < -0.3 is 15.0 Å². The summed E-state index contributed by atoms with van der Waals surface area (Å²) in [5.41, 5.74) is -0.701.